The van der Waals surface area contributed by atoms with Crippen molar-refractivity contribution in [2.45, 2.75) is 50.2 Å². The lowest BCUT2D eigenvalue weighted by Crippen LogP contribution is -2.43. The third-order valence-electron chi connectivity index (χ3n) is 5.32. The summed E-state index contributed by atoms with van der Waals surface area (Å²) in [6.07, 6.45) is 4.36. The minimum absolute atomic E-state index is 0.0610. The molecule has 0 aliphatic carbocycles. The van der Waals surface area contributed by atoms with E-state index < -0.39 is 0 Å². The van der Waals surface area contributed by atoms with E-state index in [2.05, 4.69) is 22.7 Å². The van der Waals surface area contributed by atoms with Crippen molar-refractivity contribution in [1.82, 2.24) is 14.6 Å². The van der Waals surface area contributed by atoms with E-state index in [1.165, 1.54) is 18.0 Å². The molecule has 33 heavy (non-hydrogen) atoms. The number of rotatable bonds is 11. The van der Waals surface area contributed by atoms with Crippen molar-refractivity contribution in [2.75, 3.05) is 0 Å². The van der Waals surface area contributed by atoms with Gasteiger partial charge in [-0.15, -0.1) is 11.3 Å². The van der Waals surface area contributed by atoms with Gasteiger partial charge >= 0.3 is 0 Å². The van der Waals surface area contributed by atoms with Crippen LogP contribution in [-0.4, -0.2) is 21.8 Å². The number of nitrogens with one attached hydrogen (secondary N) is 2. The Morgan fingerprint density at radius 1 is 1.18 bits per heavy atom. The molecule has 3 heterocycles. The van der Waals surface area contributed by atoms with Crippen molar-refractivity contribution in [3.63, 3.8) is 0 Å². The maximum atomic E-state index is 13.6. The zero-order valence-corrected chi connectivity index (χ0v) is 20.1. The first-order valence-electron chi connectivity index (χ1n) is 11.0. The lowest BCUT2D eigenvalue weighted by molar-refractivity contribution is -0.134. The Hall–Kier alpha value is -2.81. The zero-order valence-electron chi connectivity index (χ0n) is 18.5. The van der Waals surface area contributed by atoms with Crippen LogP contribution in [0.5, 0.6) is 0 Å². The summed E-state index contributed by atoms with van der Waals surface area (Å²) < 4.78 is 8.94. The molecule has 1 amide bonds. The van der Waals surface area contributed by atoms with Crippen molar-refractivity contribution in [1.29, 1.82) is 0 Å². The molecule has 0 unspecified atom stereocenters. The molecule has 0 spiro atoms. The molecule has 8 heteroatoms. The van der Waals surface area contributed by atoms with Crippen LogP contribution in [0.1, 0.15) is 36.8 Å². The standard InChI is InChI=1S/C25H27N3O3S2/c1-2-3-8-23(27-33-20-10-11-22-18(15-20)9-12-24(29)26-22)25(30)28(16-19-6-4-13-31-19)17-21-7-5-14-32-21/h4-7,9-15,23,27H,2-3,8,16-17H2,1H3,(H,26,29)/t23-/m1/s1. The van der Waals surface area contributed by atoms with Gasteiger partial charge in [0, 0.05) is 21.4 Å². The van der Waals surface area contributed by atoms with Gasteiger partial charge in [-0.05, 0) is 71.6 Å². The maximum Gasteiger partial charge on any atom is 0.248 e. The number of carbonyl (C=O) groups excluding carboxylic acids is 1. The fraction of sp³-hybridized carbons (Fsp3) is 0.280. The number of nitrogens with zero attached hydrogens (tertiary/aromatic N) is 1. The summed E-state index contributed by atoms with van der Waals surface area (Å²) in [5, 5.41) is 2.98. The van der Waals surface area contributed by atoms with E-state index in [-0.39, 0.29) is 17.5 Å². The number of carbonyl (C=O) groups is 1. The van der Waals surface area contributed by atoms with E-state index in [1.807, 2.05) is 52.7 Å². The molecule has 0 aliphatic rings. The number of aromatic amines is 1. The molecule has 0 saturated heterocycles. The summed E-state index contributed by atoms with van der Waals surface area (Å²) in [4.78, 5) is 32.0. The number of hydrogen-bond donors (Lipinski definition) is 2. The number of aromatic nitrogens is 1. The fourth-order valence-corrected chi connectivity index (χ4v) is 5.13. The van der Waals surface area contributed by atoms with E-state index in [0.717, 1.165) is 45.7 Å². The van der Waals surface area contributed by atoms with Crippen LogP contribution in [-0.2, 0) is 17.9 Å². The molecule has 0 aliphatic heterocycles. The predicted octanol–water partition coefficient (Wildman–Crippen LogP) is 5.57. The topological polar surface area (TPSA) is 78.3 Å². The van der Waals surface area contributed by atoms with Crippen molar-refractivity contribution in [3.05, 3.63) is 87.2 Å². The molecular weight excluding hydrogens is 454 g/mol. The highest BCUT2D eigenvalue weighted by Crippen LogP contribution is 2.23. The highest BCUT2D eigenvalue weighted by Gasteiger charge is 2.25. The van der Waals surface area contributed by atoms with Crippen LogP contribution in [0.4, 0.5) is 0 Å². The molecule has 172 valence electrons. The number of benzene rings is 1. The van der Waals surface area contributed by atoms with Crippen molar-refractivity contribution in [3.8, 4) is 0 Å². The van der Waals surface area contributed by atoms with Crippen LogP contribution in [0.15, 0.2) is 80.3 Å². The van der Waals surface area contributed by atoms with Gasteiger partial charge in [0.05, 0.1) is 25.4 Å². The normalized spacial score (nSPS) is 12.2. The molecule has 0 bridgehead atoms. The van der Waals surface area contributed by atoms with Gasteiger partial charge in [-0.25, -0.2) is 4.72 Å². The quantitative estimate of drug-likeness (QED) is 0.274. The Bertz CT molecular complexity index is 1180. The van der Waals surface area contributed by atoms with Crippen LogP contribution in [0, 0.1) is 0 Å². The number of furan rings is 1. The molecule has 2 N–H and O–H groups in total. The van der Waals surface area contributed by atoms with Crippen LogP contribution < -0.4 is 10.3 Å². The molecule has 3 aromatic heterocycles. The first-order valence-corrected chi connectivity index (χ1v) is 12.7. The van der Waals surface area contributed by atoms with Crippen LogP contribution in [0.25, 0.3) is 10.9 Å². The number of fused-ring (bicyclic) bond motifs is 1. The van der Waals surface area contributed by atoms with Gasteiger partial charge in [0.1, 0.15) is 5.76 Å². The van der Waals surface area contributed by atoms with Crippen molar-refractivity contribution < 1.29 is 9.21 Å². The molecular formula is C25H27N3O3S2. The lowest BCUT2D eigenvalue weighted by Gasteiger charge is -2.27. The Morgan fingerprint density at radius 2 is 2.09 bits per heavy atom. The second-order valence-electron chi connectivity index (χ2n) is 7.84. The van der Waals surface area contributed by atoms with Crippen LogP contribution >= 0.6 is 23.3 Å². The minimum Gasteiger partial charge on any atom is -0.467 e. The summed E-state index contributed by atoms with van der Waals surface area (Å²) in [6.45, 7) is 3.11. The van der Waals surface area contributed by atoms with Crippen LogP contribution in [0.2, 0.25) is 0 Å². The van der Waals surface area contributed by atoms with Gasteiger partial charge in [0.25, 0.3) is 0 Å². The van der Waals surface area contributed by atoms with Gasteiger partial charge in [0.15, 0.2) is 0 Å². The van der Waals surface area contributed by atoms with Gasteiger partial charge in [0.2, 0.25) is 11.5 Å². The van der Waals surface area contributed by atoms with Gasteiger partial charge in [-0.2, -0.15) is 0 Å². The van der Waals surface area contributed by atoms with Gasteiger partial charge in [-0.3, -0.25) is 9.59 Å². The average molecular weight is 482 g/mol. The van der Waals surface area contributed by atoms with Crippen LogP contribution in [0.3, 0.4) is 0 Å². The largest absolute Gasteiger partial charge is 0.467 e. The smallest absolute Gasteiger partial charge is 0.248 e. The summed E-state index contributed by atoms with van der Waals surface area (Å²) in [5.41, 5.74) is 0.680. The third-order valence-corrected chi connectivity index (χ3v) is 7.08. The molecule has 6 nitrogen and oxygen atoms in total. The average Bonchev–Trinajstić information content (AvgIpc) is 3.53. The number of pyridine rings is 1. The van der Waals surface area contributed by atoms with Gasteiger partial charge in [-0.1, -0.05) is 25.8 Å². The molecule has 4 rings (SSSR count). The van der Waals surface area contributed by atoms with Crippen molar-refractivity contribution in [2.24, 2.45) is 0 Å². The first-order chi connectivity index (χ1) is 16.1. The highest BCUT2D eigenvalue weighted by atomic mass is 32.2. The van der Waals surface area contributed by atoms with E-state index in [4.69, 9.17) is 4.42 Å². The lowest BCUT2D eigenvalue weighted by atomic mass is 10.1. The van der Waals surface area contributed by atoms with E-state index in [1.54, 1.807) is 17.6 Å². The molecule has 0 radical (unpaired) electrons. The molecule has 4 aromatic rings. The van der Waals surface area contributed by atoms with E-state index in [0.29, 0.717) is 13.1 Å². The second kappa shape index (κ2) is 11.4. The minimum atomic E-state index is -0.323. The zero-order chi connectivity index (χ0) is 23.0. The van der Waals surface area contributed by atoms with E-state index >= 15 is 0 Å². The van der Waals surface area contributed by atoms with Crippen molar-refractivity contribution >= 4 is 40.1 Å². The molecule has 1 atom stereocenters. The first kappa shape index (κ1) is 23.4. The SMILES string of the molecule is CCCC[C@@H](NSc1ccc2[nH]c(=O)ccc2c1)C(=O)N(Cc1ccco1)Cc1cccs1. The Labute approximate surface area is 201 Å². The fourth-order valence-electron chi connectivity index (χ4n) is 3.59. The number of unbranched alkanes of at least 4 members (excludes halogenated alkanes) is 1. The summed E-state index contributed by atoms with van der Waals surface area (Å²) in [5.74, 6) is 0.830. The number of amides is 1. The monoisotopic (exact) mass is 481 g/mol. The molecule has 0 saturated carbocycles. The Morgan fingerprint density at radius 3 is 2.85 bits per heavy atom. The molecule has 1 aromatic carbocycles. The van der Waals surface area contributed by atoms with E-state index in [9.17, 15) is 9.59 Å². The summed E-state index contributed by atoms with van der Waals surface area (Å²) >= 11 is 3.10. The Kier molecular flexibility index (Phi) is 8.04. The summed E-state index contributed by atoms with van der Waals surface area (Å²) in [6, 6.07) is 16.7. The Balaban J connectivity index is 1.50. The maximum absolute atomic E-state index is 13.6. The molecule has 0 fully saturated rings. The number of H-pyrrole nitrogens is 1. The third kappa shape index (κ3) is 6.37. The number of hydrogen-bond acceptors (Lipinski definition) is 6. The number of thiophene rings is 1. The summed E-state index contributed by atoms with van der Waals surface area (Å²) in [7, 11) is 0. The second-order valence-corrected chi connectivity index (χ2v) is 9.78. The predicted molar refractivity (Wildman–Crippen MR) is 134 cm³/mol. The van der Waals surface area contributed by atoms with Gasteiger partial charge < -0.3 is 14.3 Å². The highest BCUT2D eigenvalue weighted by molar-refractivity contribution is 7.97.